The molecule has 0 N–H and O–H groups in total. The Labute approximate surface area is 173 Å². The fourth-order valence-electron chi connectivity index (χ4n) is 3.82. The molecule has 0 unspecified atom stereocenters. The molecule has 2 aromatic carbocycles. The number of morpholine rings is 1. The molecule has 4 aromatic rings. The van der Waals surface area contributed by atoms with Gasteiger partial charge in [0.25, 0.3) is 0 Å². The van der Waals surface area contributed by atoms with E-state index in [0.717, 1.165) is 61.9 Å². The van der Waals surface area contributed by atoms with Crippen molar-refractivity contribution in [1.82, 2.24) is 18.9 Å². The van der Waals surface area contributed by atoms with Gasteiger partial charge in [-0.25, -0.2) is 4.98 Å². The van der Waals surface area contributed by atoms with Gasteiger partial charge in [0.1, 0.15) is 0 Å². The Bertz CT molecular complexity index is 1140. The molecule has 1 saturated heterocycles. The van der Waals surface area contributed by atoms with Gasteiger partial charge in [-0.1, -0.05) is 41.4 Å². The number of hydrogen-bond acceptors (Lipinski definition) is 3. The van der Waals surface area contributed by atoms with Gasteiger partial charge in [0.05, 0.1) is 40.0 Å². The number of nitrogens with zero attached hydrogens (tertiary/aromatic N) is 4. The average molecular weight is 415 g/mol. The molecule has 0 aliphatic carbocycles. The molecule has 0 saturated carbocycles. The minimum absolute atomic E-state index is 0.539. The Morgan fingerprint density at radius 3 is 2.50 bits per heavy atom. The topological polar surface area (TPSA) is 34.7 Å². The minimum atomic E-state index is 0.539. The van der Waals surface area contributed by atoms with Crippen LogP contribution in [-0.4, -0.2) is 51.7 Å². The molecule has 1 fully saturated rings. The lowest BCUT2D eigenvalue weighted by molar-refractivity contribution is 0.0366. The predicted octanol–water partition coefficient (Wildman–Crippen LogP) is 4.60. The number of ether oxygens (including phenoxy) is 1. The van der Waals surface area contributed by atoms with Gasteiger partial charge in [-0.2, -0.15) is 0 Å². The molecular weight excluding hydrogens is 395 g/mol. The van der Waals surface area contributed by atoms with Crippen LogP contribution in [0.3, 0.4) is 0 Å². The molecule has 7 heteroatoms. The van der Waals surface area contributed by atoms with Gasteiger partial charge in [-0.05, 0) is 24.3 Å². The number of aromatic nitrogens is 3. The molecule has 0 bridgehead atoms. The van der Waals surface area contributed by atoms with E-state index in [1.165, 1.54) is 5.52 Å². The van der Waals surface area contributed by atoms with Gasteiger partial charge in [0, 0.05) is 37.9 Å². The van der Waals surface area contributed by atoms with E-state index in [-0.39, 0.29) is 0 Å². The summed E-state index contributed by atoms with van der Waals surface area (Å²) in [6.07, 6.45) is 2.07. The summed E-state index contributed by atoms with van der Waals surface area (Å²) in [5, 5.41) is 1.09. The number of imidazole rings is 2. The minimum Gasteiger partial charge on any atom is -0.379 e. The van der Waals surface area contributed by atoms with Crippen LogP contribution in [0.1, 0.15) is 0 Å². The van der Waals surface area contributed by atoms with E-state index in [4.69, 9.17) is 32.9 Å². The second kappa shape index (κ2) is 7.41. The highest BCUT2D eigenvalue weighted by Crippen LogP contribution is 2.30. The van der Waals surface area contributed by atoms with Crippen LogP contribution in [0.15, 0.2) is 48.7 Å². The van der Waals surface area contributed by atoms with Crippen molar-refractivity contribution in [3.05, 3.63) is 58.7 Å². The average Bonchev–Trinajstić information content (AvgIpc) is 3.27. The van der Waals surface area contributed by atoms with Crippen molar-refractivity contribution < 1.29 is 4.74 Å². The van der Waals surface area contributed by atoms with Gasteiger partial charge in [0.15, 0.2) is 0 Å². The van der Waals surface area contributed by atoms with Crippen LogP contribution < -0.4 is 0 Å². The number of fused-ring (bicyclic) bond motifs is 3. The summed E-state index contributed by atoms with van der Waals surface area (Å²) in [5.41, 5.74) is 4.19. The molecule has 0 amide bonds. The van der Waals surface area contributed by atoms with Crippen molar-refractivity contribution in [1.29, 1.82) is 0 Å². The molecule has 3 heterocycles. The lowest BCUT2D eigenvalue weighted by atomic mass is 10.2. The van der Waals surface area contributed by atoms with E-state index in [2.05, 4.69) is 44.3 Å². The lowest BCUT2D eigenvalue weighted by Gasteiger charge is -2.26. The molecule has 5 nitrogen and oxygen atoms in total. The van der Waals surface area contributed by atoms with Gasteiger partial charge >= 0.3 is 0 Å². The van der Waals surface area contributed by atoms with E-state index in [0.29, 0.717) is 10.0 Å². The molecular formula is C21H20Cl2N4O. The summed E-state index contributed by atoms with van der Waals surface area (Å²) in [5.74, 6) is 0.940. The Kier molecular flexibility index (Phi) is 4.77. The van der Waals surface area contributed by atoms with E-state index in [1.807, 2.05) is 18.2 Å². The third kappa shape index (κ3) is 3.18. The first kappa shape index (κ1) is 18.0. The monoisotopic (exact) mass is 414 g/mol. The van der Waals surface area contributed by atoms with Gasteiger partial charge in [0.2, 0.25) is 5.78 Å². The van der Waals surface area contributed by atoms with E-state index in [1.54, 1.807) is 0 Å². The van der Waals surface area contributed by atoms with Crippen molar-refractivity contribution in [3.8, 4) is 11.3 Å². The molecule has 1 aliphatic rings. The lowest BCUT2D eigenvalue weighted by Crippen LogP contribution is -2.38. The normalized spacial score (nSPS) is 15.6. The second-order valence-corrected chi connectivity index (χ2v) is 7.83. The van der Waals surface area contributed by atoms with Crippen molar-refractivity contribution in [2.45, 2.75) is 6.54 Å². The van der Waals surface area contributed by atoms with E-state index < -0.39 is 0 Å². The maximum atomic E-state index is 6.21. The molecule has 0 radical (unpaired) electrons. The van der Waals surface area contributed by atoms with Crippen LogP contribution in [0.25, 0.3) is 28.1 Å². The highest BCUT2D eigenvalue weighted by Gasteiger charge is 2.17. The summed E-state index contributed by atoms with van der Waals surface area (Å²) in [4.78, 5) is 7.38. The Hall–Kier alpha value is -2.05. The van der Waals surface area contributed by atoms with Crippen LogP contribution in [0.5, 0.6) is 0 Å². The van der Waals surface area contributed by atoms with E-state index in [9.17, 15) is 0 Å². The SMILES string of the molecule is Clc1ccc(-c2cn3c4ccccc4n(CCN4CCOCC4)c3n2)cc1Cl. The maximum Gasteiger partial charge on any atom is 0.215 e. The number of benzene rings is 2. The zero-order valence-electron chi connectivity index (χ0n) is 15.3. The number of para-hydroxylation sites is 2. The first-order valence-electron chi connectivity index (χ1n) is 9.42. The van der Waals surface area contributed by atoms with Crippen LogP contribution in [-0.2, 0) is 11.3 Å². The zero-order chi connectivity index (χ0) is 19.1. The van der Waals surface area contributed by atoms with Gasteiger partial charge in [-0.15, -0.1) is 0 Å². The Morgan fingerprint density at radius 2 is 1.71 bits per heavy atom. The molecule has 1 aliphatic heterocycles. The predicted molar refractivity (Wildman–Crippen MR) is 113 cm³/mol. The fraction of sp³-hybridized carbons (Fsp3) is 0.286. The van der Waals surface area contributed by atoms with Crippen LogP contribution >= 0.6 is 23.2 Å². The summed E-state index contributed by atoms with van der Waals surface area (Å²) in [6, 6.07) is 14.1. The third-order valence-electron chi connectivity index (χ3n) is 5.32. The Morgan fingerprint density at radius 1 is 0.929 bits per heavy atom. The second-order valence-electron chi connectivity index (χ2n) is 7.02. The van der Waals surface area contributed by atoms with Crippen molar-refractivity contribution >= 4 is 40.0 Å². The molecule has 28 heavy (non-hydrogen) atoms. The molecule has 0 spiro atoms. The summed E-state index contributed by atoms with van der Waals surface area (Å²) < 4.78 is 9.92. The first-order valence-corrected chi connectivity index (χ1v) is 10.2. The first-order chi connectivity index (χ1) is 13.7. The van der Waals surface area contributed by atoms with E-state index >= 15 is 0 Å². The van der Waals surface area contributed by atoms with Crippen LogP contribution in [0.2, 0.25) is 10.0 Å². The fourth-order valence-corrected chi connectivity index (χ4v) is 4.12. The molecule has 144 valence electrons. The van der Waals surface area contributed by atoms with Gasteiger partial charge in [-0.3, -0.25) is 9.30 Å². The molecule has 5 rings (SSSR count). The van der Waals surface area contributed by atoms with Crippen molar-refractivity contribution in [2.75, 3.05) is 32.8 Å². The Balaban J connectivity index is 1.56. The number of rotatable bonds is 4. The number of halogens is 2. The highest BCUT2D eigenvalue weighted by atomic mass is 35.5. The quantitative estimate of drug-likeness (QED) is 0.489. The summed E-state index contributed by atoms with van der Waals surface area (Å²) in [6.45, 7) is 5.46. The largest absolute Gasteiger partial charge is 0.379 e. The summed E-state index contributed by atoms with van der Waals surface area (Å²) >= 11 is 12.3. The zero-order valence-corrected chi connectivity index (χ0v) is 16.8. The van der Waals surface area contributed by atoms with Crippen molar-refractivity contribution in [2.24, 2.45) is 0 Å². The molecule has 0 atom stereocenters. The smallest absolute Gasteiger partial charge is 0.215 e. The third-order valence-corrected chi connectivity index (χ3v) is 6.06. The van der Waals surface area contributed by atoms with Crippen LogP contribution in [0, 0.1) is 0 Å². The molecule has 2 aromatic heterocycles. The maximum absolute atomic E-state index is 6.21. The number of hydrogen-bond donors (Lipinski definition) is 0. The standard InChI is InChI=1S/C21H20Cl2N4O/c22-16-6-5-15(13-17(16)23)18-14-27-20-4-2-1-3-19(20)26(21(27)24-18)8-7-25-9-11-28-12-10-25/h1-6,13-14H,7-12H2. The summed E-state index contributed by atoms with van der Waals surface area (Å²) in [7, 11) is 0. The highest BCUT2D eigenvalue weighted by molar-refractivity contribution is 6.42. The van der Waals surface area contributed by atoms with Crippen molar-refractivity contribution in [3.63, 3.8) is 0 Å². The van der Waals surface area contributed by atoms with Crippen LogP contribution in [0.4, 0.5) is 0 Å². The van der Waals surface area contributed by atoms with Gasteiger partial charge < -0.3 is 9.30 Å².